The molecule has 5 aliphatic heterocycles. The van der Waals surface area contributed by atoms with E-state index in [4.69, 9.17) is 87.3 Å². The topological polar surface area (TPSA) is 720 Å². The van der Waals surface area contributed by atoms with E-state index in [1.807, 2.05) is 0 Å². The first-order valence-corrected chi connectivity index (χ1v) is 37.9. The molecule has 0 radical (unpaired) electrons. The number of rotatable bonds is 28. The number of H-pyrrole nitrogens is 4. The molecule has 105 heavy (non-hydrogen) atoms. The second-order valence-corrected chi connectivity index (χ2v) is 30.3. The molecule has 5 fully saturated rings. The maximum atomic E-state index is 14.3. The van der Waals surface area contributed by atoms with E-state index in [1.165, 1.54) is 33.0 Å². The van der Waals surface area contributed by atoms with Crippen molar-refractivity contribution >= 4 is 96.7 Å². The Kier molecular flexibility index (Phi) is 21.3. The third-order valence-corrected chi connectivity index (χ3v) is 21.3. The molecular formula is C49H62N20O31P5+. The number of nitrogens with zero attached hydrogens (tertiary/aromatic N) is 12. The Labute approximate surface area is 581 Å². The predicted molar refractivity (Wildman–Crippen MR) is 344 cm³/mol. The normalized spacial score (nSPS) is 28.9. The summed E-state index contributed by atoms with van der Waals surface area (Å²) in [5.74, 6) is -1.16. The largest absolute Gasteiger partial charge is 0.694 e. The van der Waals surface area contributed by atoms with Crippen LogP contribution in [-0.4, -0.2) is 201 Å². The van der Waals surface area contributed by atoms with E-state index in [9.17, 15) is 81.2 Å². The van der Waals surface area contributed by atoms with E-state index in [1.54, 1.807) is 0 Å². The smallest absolute Gasteiger partial charge is 0.390 e. The first kappa shape index (κ1) is 75.3. The number of phosphoric acid groups is 4. The van der Waals surface area contributed by atoms with Gasteiger partial charge in [-0.15, -0.1) is 9.42 Å². The van der Waals surface area contributed by atoms with Crippen LogP contribution in [0, 0.1) is 6.92 Å². The number of aliphatic hydroxyl groups is 1. The summed E-state index contributed by atoms with van der Waals surface area (Å²) in [6.45, 7) is -3.42. The fourth-order valence-electron chi connectivity index (χ4n) is 12.1. The Morgan fingerprint density at radius 1 is 0.495 bits per heavy atom. The lowest BCUT2D eigenvalue weighted by molar-refractivity contribution is -0.0642. The molecule has 56 heteroatoms. The van der Waals surface area contributed by atoms with Crippen LogP contribution in [0.3, 0.4) is 0 Å². The summed E-state index contributed by atoms with van der Waals surface area (Å²) in [6, 6.07) is 1.19. The van der Waals surface area contributed by atoms with Crippen molar-refractivity contribution in [3.05, 3.63) is 105 Å². The number of hydrogen-bond acceptors (Lipinski definition) is 37. The third kappa shape index (κ3) is 16.8. The molecule has 13 rings (SSSR count). The van der Waals surface area contributed by atoms with Gasteiger partial charge in [-0.25, -0.2) is 42.8 Å². The van der Waals surface area contributed by atoms with Crippen molar-refractivity contribution in [1.29, 1.82) is 0 Å². The number of nitrogens with two attached hydrogens (primary N) is 4. The van der Waals surface area contributed by atoms with Crippen LogP contribution in [-0.2, 0) is 87.2 Å². The zero-order chi connectivity index (χ0) is 74.9. The lowest BCUT2D eigenvalue weighted by Gasteiger charge is -2.25. The number of ether oxygens (including phenoxy) is 5. The predicted octanol–water partition coefficient (Wildman–Crippen LogP) is -2.70. The summed E-state index contributed by atoms with van der Waals surface area (Å²) in [6.07, 6.45) is -19.0. The summed E-state index contributed by atoms with van der Waals surface area (Å²) >= 11 is 0. The highest BCUT2D eigenvalue weighted by Gasteiger charge is 2.50. The number of hydrogen-bond donors (Lipinski definition) is 14. The molecule has 13 heterocycles. The second-order valence-electron chi connectivity index (χ2n) is 23.9. The Bertz CT molecular complexity index is 5240. The number of aromatic nitrogens is 16. The van der Waals surface area contributed by atoms with Gasteiger partial charge in [0.1, 0.15) is 98.5 Å². The number of nitrogens with one attached hydrogen (secondary N) is 4. The van der Waals surface area contributed by atoms with Gasteiger partial charge in [-0.05, 0) is 13.0 Å². The quantitative estimate of drug-likeness (QED) is 0.0222. The van der Waals surface area contributed by atoms with E-state index in [0.29, 0.717) is 0 Å². The molecule has 0 spiro atoms. The van der Waals surface area contributed by atoms with Gasteiger partial charge in [0, 0.05) is 54.6 Å². The molecular weight excluding hydrogens is 1520 g/mol. The maximum Gasteiger partial charge on any atom is 0.694 e. The summed E-state index contributed by atoms with van der Waals surface area (Å²) in [7, 11) is -25.1. The van der Waals surface area contributed by atoms with E-state index < -0.39 is 218 Å². The summed E-state index contributed by atoms with van der Waals surface area (Å²) in [4.78, 5) is 168. The van der Waals surface area contributed by atoms with Crippen LogP contribution in [0.4, 0.5) is 23.7 Å². The van der Waals surface area contributed by atoms with Crippen molar-refractivity contribution in [2.75, 3.05) is 56.0 Å². The average Bonchev–Trinajstić information content (AvgIpc) is 1.63. The van der Waals surface area contributed by atoms with Crippen molar-refractivity contribution in [2.24, 2.45) is 0 Å². The van der Waals surface area contributed by atoms with E-state index in [2.05, 4.69) is 54.8 Å². The minimum atomic E-state index is -5.58. The standard InChI is InChI=1S/C49H61N20O31P5/c1-18-9-66(49(76)64-41(18)71)32-6-22(99-102(79,80)88-11-24-19(70)4-30(92-24)67-15-54-35-38(67)58-45(51)61-42(35)72)27(95-32)13-90-104(83,84)98-21-5-31(65-3-2-29(50)57-48(65)75)94-26(21)12-89-105(85,86)100-23-8-34(69-17-56-37-40(69)60-47(53)63-44(37)74)96-28(23)14-91-103(81,82)97-20-7-33(93-25(20)10-87-101(77)78)68-16-55-36-39(68)59-46(52)62-43(36)73/h2-3,9,15-17,19-28,30-34,70H,4-8,10-14H2,1H3,(H16-,50,51,52,53,57,58,59,60,61,62,63,64,71,72,73,74,75,76,77,78,79,80,81,82,83,84,85,86)/p+1/t19-,20-,21-,22-,23-,24+,25+,26+,27+,28+,30+,31+,32+,33+,34+/m0/s1. The van der Waals surface area contributed by atoms with Crippen molar-refractivity contribution in [3.8, 4) is 0 Å². The number of anilines is 4. The molecule has 0 amide bonds. The van der Waals surface area contributed by atoms with Crippen molar-refractivity contribution in [1.82, 2.24) is 77.7 Å². The van der Waals surface area contributed by atoms with Gasteiger partial charge in [0.25, 0.3) is 22.2 Å². The van der Waals surface area contributed by atoms with Gasteiger partial charge in [-0.3, -0.25) is 98.1 Å². The third-order valence-electron chi connectivity index (χ3n) is 16.9. The summed E-state index contributed by atoms with van der Waals surface area (Å²) in [5.41, 5.74) is 17.3. The number of aryl methyl sites for hydroxylation is 1. The number of aliphatic hydroxyl groups excluding tert-OH is 1. The van der Waals surface area contributed by atoms with Gasteiger partial charge >= 0.3 is 50.9 Å². The molecule has 8 aromatic heterocycles. The molecule has 0 aromatic carbocycles. The first-order chi connectivity index (χ1) is 49.6. The molecule has 5 saturated heterocycles. The number of phosphoric ester groups is 4. The van der Waals surface area contributed by atoms with E-state index >= 15 is 0 Å². The van der Waals surface area contributed by atoms with Gasteiger partial charge in [-0.1, -0.05) is 0 Å². The zero-order valence-electron chi connectivity index (χ0n) is 53.5. The van der Waals surface area contributed by atoms with Crippen LogP contribution in [0.5, 0.6) is 0 Å². The van der Waals surface area contributed by atoms with Gasteiger partial charge in [0.05, 0.1) is 51.5 Å². The minimum absolute atomic E-state index is 0.00453. The fourth-order valence-corrected chi connectivity index (χ4v) is 16.2. The first-order valence-electron chi connectivity index (χ1n) is 30.8. The monoisotopic (exact) mass is 1580 g/mol. The Hall–Kier alpha value is -7.97. The summed E-state index contributed by atoms with van der Waals surface area (Å²) in [5, 5.41) is 10.9. The lowest BCUT2D eigenvalue weighted by Crippen LogP contribution is -2.33. The fraction of sp³-hybridized carbons (Fsp3) is 0.531. The highest BCUT2D eigenvalue weighted by Crippen LogP contribution is 2.55. The Balaban J connectivity index is 0.699. The number of fused-ring (bicyclic) bond motifs is 3. The van der Waals surface area contributed by atoms with Gasteiger partial charge in [0.2, 0.25) is 17.8 Å². The SMILES string of the molecule is Cc1cn([C@H]2C[C@H](OP(=O)(O)OC[C@H]3O[C@@H](n4cnc5c(=O)[nH]c(N)nc54)C[C@@H]3O)[C@@H](COP(=O)(O)O[C@H]3C[C@H](n4ccc(N)nc4=O)O[C@@H]3COP(=O)(O)O[C@H]3C[C@H](n4cnc5c(=O)[nH]c(N)nc54)O[C@@H]3COP(=O)(O)O[C@H]3C[C@H](n4cnc5c(=O)[nH]c(N)nc54)O[C@@H]3CO[P+](=O)O)O2)c(=O)[nH]c1=O. The highest BCUT2D eigenvalue weighted by molar-refractivity contribution is 7.48. The van der Waals surface area contributed by atoms with Gasteiger partial charge < -0.3 is 71.3 Å². The van der Waals surface area contributed by atoms with E-state index in [0.717, 1.165) is 34.2 Å². The molecule has 0 saturated carbocycles. The van der Waals surface area contributed by atoms with Crippen LogP contribution in [0.25, 0.3) is 33.5 Å². The van der Waals surface area contributed by atoms with Crippen molar-refractivity contribution < 1.29 is 117 Å². The molecule has 0 bridgehead atoms. The minimum Gasteiger partial charge on any atom is -0.390 e. The molecule has 5 unspecified atom stereocenters. The number of aromatic amines is 4. The van der Waals surface area contributed by atoms with Crippen LogP contribution >= 0.6 is 39.5 Å². The van der Waals surface area contributed by atoms with Crippen molar-refractivity contribution in [3.63, 3.8) is 0 Å². The van der Waals surface area contributed by atoms with Gasteiger partial charge in [-0.2, -0.15) is 19.9 Å². The number of imidazole rings is 3. The Morgan fingerprint density at radius 3 is 1.22 bits per heavy atom. The average molecular weight is 1580 g/mol. The molecule has 8 aromatic rings. The van der Waals surface area contributed by atoms with Crippen LogP contribution < -0.4 is 56.6 Å². The van der Waals surface area contributed by atoms with Crippen molar-refractivity contribution in [2.45, 2.75) is 131 Å². The van der Waals surface area contributed by atoms with Crippen LogP contribution in [0.15, 0.2) is 66.2 Å². The molecule has 5 aliphatic rings. The van der Waals surface area contributed by atoms with Crippen LogP contribution in [0.2, 0.25) is 0 Å². The second kappa shape index (κ2) is 29.6. The maximum absolute atomic E-state index is 14.3. The lowest BCUT2D eigenvalue weighted by atomic mass is 10.2. The molecule has 0 aliphatic carbocycles. The molecule has 568 valence electrons. The number of nitrogen functional groups attached to an aromatic ring is 4. The zero-order valence-corrected chi connectivity index (χ0v) is 58.0. The molecule has 18 N–H and O–H groups in total. The van der Waals surface area contributed by atoms with Gasteiger partial charge in [0.15, 0.2) is 33.5 Å². The highest BCUT2D eigenvalue weighted by atomic mass is 31.2. The van der Waals surface area contributed by atoms with Crippen LogP contribution in [0.1, 0.15) is 68.8 Å². The summed E-state index contributed by atoms with van der Waals surface area (Å²) < 4.78 is 152. The Morgan fingerprint density at radius 2 is 0.838 bits per heavy atom. The molecule has 51 nitrogen and oxygen atoms in total. The molecule has 20 atom stereocenters. The van der Waals surface area contributed by atoms with E-state index in [-0.39, 0.29) is 75.6 Å².